The van der Waals surface area contributed by atoms with Crippen LogP contribution in [0.1, 0.15) is 21.5 Å². The minimum absolute atomic E-state index is 0.356. The van der Waals surface area contributed by atoms with Crippen LogP contribution in [-0.2, 0) is 11.3 Å². The number of carbonyl (C=O) groups is 1. The minimum Gasteiger partial charge on any atom is -0.489 e. The third-order valence-electron chi connectivity index (χ3n) is 4.76. The second-order valence-electron chi connectivity index (χ2n) is 6.94. The summed E-state index contributed by atoms with van der Waals surface area (Å²) in [4.78, 5) is 15.8. The smallest absolute Gasteiger partial charge is 0.337 e. The van der Waals surface area contributed by atoms with E-state index in [0.29, 0.717) is 17.2 Å². The number of hydrogen-bond acceptors (Lipinski definition) is 6. The van der Waals surface area contributed by atoms with Gasteiger partial charge in [-0.2, -0.15) is 5.10 Å². The van der Waals surface area contributed by atoms with Gasteiger partial charge in [-0.25, -0.2) is 4.79 Å². The summed E-state index contributed by atoms with van der Waals surface area (Å²) in [5.74, 6) is 0.384. The van der Waals surface area contributed by atoms with Crippen molar-refractivity contribution in [2.75, 3.05) is 12.5 Å². The lowest BCUT2D eigenvalue weighted by atomic mass is 10.1. The number of hydrogen-bond donors (Lipinski definition) is 1. The highest BCUT2D eigenvalue weighted by atomic mass is 35.5. The third-order valence-corrected chi connectivity index (χ3v) is 5.00. The molecular weight excluding hydrogens is 426 g/mol. The zero-order valence-corrected chi connectivity index (χ0v) is 18.0. The molecule has 32 heavy (non-hydrogen) atoms. The van der Waals surface area contributed by atoms with Crippen LogP contribution in [0.2, 0.25) is 5.02 Å². The van der Waals surface area contributed by atoms with Gasteiger partial charge in [0, 0.05) is 16.6 Å². The van der Waals surface area contributed by atoms with Gasteiger partial charge < -0.3 is 9.47 Å². The molecule has 0 fully saturated rings. The number of carbonyl (C=O) groups excluding carboxylic acids is 1. The minimum atomic E-state index is -0.356. The Morgan fingerprint density at radius 3 is 2.59 bits per heavy atom. The van der Waals surface area contributed by atoms with Crippen LogP contribution in [0.15, 0.2) is 84.1 Å². The van der Waals surface area contributed by atoms with Crippen molar-refractivity contribution in [3.8, 4) is 5.75 Å². The molecule has 0 aliphatic heterocycles. The lowest BCUT2D eigenvalue weighted by molar-refractivity contribution is 0.0600. The number of halogens is 1. The number of nitrogens with zero attached hydrogens (tertiary/aromatic N) is 2. The topological polar surface area (TPSA) is 72.8 Å². The maximum atomic E-state index is 11.5. The van der Waals surface area contributed by atoms with E-state index in [1.54, 1.807) is 24.5 Å². The van der Waals surface area contributed by atoms with Crippen molar-refractivity contribution in [1.82, 2.24) is 4.98 Å². The molecule has 0 aliphatic carbocycles. The highest BCUT2D eigenvalue weighted by molar-refractivity contribution is 6.31. The van der Waals surface area contributed by atoms with Crippen LogP contribution < -0.4 is 10.2 Å². The fraction of sp³-hybridized carbons (Fsp3) is 0.0800. The molecule has 1 N–H and O–H groups in total. The van der Waals surface area contributed by atoms with Crippen LogP contribution in [0.5, 0.6) is 5.75 Å². The summed E-state index contributed by atoms with van der Waals surface area (Å²) in [5.41, 5.74) is 7.10. The first-order valence-corrected chi connectivity index (χ1v) is 10.2. The van der Waals surface area contributed by atoms with Gasteiger partial charge in [-0.3, -0.25) is 10.4 Å². The fourth-order valence-electron chi connectivity index (χ4n) is 3.07. The van der Waals surface area contributed by atoms with Crippen molar-refractivity contribution in [3.63, 3.8) is 0 Å². The molecule has 0 spiro atoms. The molecule has 1 heterocycles. The van der Waals surface area contributed by atoms with Gasteiger partial charge >= 0.3 is 5.97 Å². The normalized spacial score (nSPS) is 10.9. The number of nitrogens with one attached hydrogen (secondary N) is 1. The first-order valence-electron chi connectivity index (χ1n) is 9.86. The summed E-state index contributed by atoms with van der Waals surface area (Å²) in [6, 6.07) is 22.2. The number of ether oxygens (including phenoxy) is 2. The van der Waals surface area contributed by atoms with E-state index in [1.165, 1.54) is 7.11 Å². The van der Waals surface area contributed by atoms with Gasteiger partial charge in [-0.05, 0) is 71.8 Å². The number of rotatable bonds is 7. The Morgan fingerprint density at radius 2 is 1.84 bits per heavy atom. The van der Waals surface area contributed by atoms with Crippen LogP contribution in [0, 0.1) is 0 Å². The molecule has 160 valence electrons. The Morgan fingerprint density at radius 1 is 1.06 bits per heavy atom. The first-order chi connectivity index (χ1) is 15.6. The van der Waals surface area contributed by atoms with Crippen LogP contribution >= 0.6 is 11.6 Å². The monoisotopic (exact) mass is 445 g/mol. The molecule has 0 aliphatic rings. The zero-order valence-electron chi connectivity index (χ0n) is 17.3. The summed E-state index contributed by atoms with van der Waals surface area (Å²) < 4.78 is 10.5. The molecule has 0 atom stereocenters. The van der Waals surface area contributed by atoms with Gasteiger partial charge in [0.15, 0.2) is 0 Å². The second-order valence-corrected chi connectivity index (χ2v) is 7.37. The number of fused-ring (bicyclic) bond motifs is 1. The highest BCUT2D eigenvalue weighted by Crippen LogP contribution is 2.24. The van der Waals surface area contributed by atoms with Gasteiger partial charge in [0.2, 0.25) is 0 Å². The molecule has 0 saturated carbocycles. The number of methoxy groups -OCH3 is 1. The summed E-state index contributed by atoms with van der Waals surface area (Å²) in [7, 11) is 1.36. The average Bonchev–Trinajstić information content (AvgIpc) is 2.83. The third kappa shape index (κ3) is 5.22. The molecule has 0 unspecified atom stereocenters. The lowest BCUT2D eigenvalue weighted by Crippen LogP contribution is -2.02. The maximum absolute atomic E-state index is 11.5. The summed E-state index contributed by atoms with van der Waals surface area (Å²) in [6.07, 6.45) is 3.45. The van der Waals surface area contributed by atoms with Crippen LogP contribution in [-0.4, -0.2) is 24.3 Å². The van der Waals surface area contributed by atoms with Crippen molar-refractivity contribution in [2.24, 2.45) is 5.10 Å². The van der Waals surface area contributed by atoms with Crippen molar-refractivity contribution in [2.45, 2.75) is 6.61 Å². The van der Waals surface area contributed by atoms with E-state index in [1.807, 2.05) is 60.7 Å². The molecule has 3 aromatic carbocycles. The van der Waals surface area contributed by atoms with Gasteiger partial charge in [-0.1, -0.05) is 23.7 Å². The predicted molar refractivity (Wildman–Crippen MR) is 127 cm³/mol. The van der Waals surface area contributed by atoms with E-state index in [4.69, 9.17) is 21.1 Å². The highest BCUT2D eigenvalue weighted by Gasteiger charge is 2.05. The first kappa shape index (κ1) is 21.3. The molecule has 4 rings (SSSR count). The molecule has 0 bridgehead atoms. The number of benzene rings is 3. The van der Waals surface area contributed by atoms with Crippen LogP contribution in [0.3, 0.4) is 0 Å². The van der Waals surface area contributed by atoms with E-state index in [9.17, 15) is 4.79 Å². The number of hydrazone groups is 1. The van der Waals surface area contributed by atoms with Gasteiger partial charge in [0.05, 0.1) is 30.1 Å². The molecule has 0 amide bonds. The molecule has 0 saturated heterocycles. The van der Waals surface area contributed by atoms with E-state index < -0.39 is 0 Å². The van der Waals surface area contributed by atoms with E-state index in [-0.39, 0.29) is 5.97 Å². The number of esters is 1. The zero-order chi connectivity index (χ0) is 22.3. The Hall–Kier alpha value is -3.90. The molecule has 0 radical (unpaired) electrons. The van der Waals surface area contributed by atoms with E-state index in [2.05, 4.69) is 15.5 Å². The molecule has 6 nitrogen and oxygen atoms in total. The van der Waals surface area contributed by atoms with Crippen molar-refractivity contribution in [3.05, 3.63) is 101 Å². The Balaban J connectivity index is 1.34. The molecular formula is C25H20ClN3O3. The largest absolute Gasteiger partial charge is 0.489 e. The summed E-state index contributed by atoms with van der Waals surface area (Å²) >= 11 is 6.03. The molecule has 7 heteroatoms. The fourth-order valence-corrected chi connectivity index (χ4v) is 3.23. The van der Waals surface area contributed by atoms with E-state index >= 15 is 0 Å². The van der Waals surface area contributed by atoms with Gasteiger partial charge in [0.1, 0.15) is 12.4 Å². The average molecular weight is 446 g/mol. The standard InChI is InChI=1S/C25H20ClN3O3/c1-31-25(30)19-6-2-18(3-7-19)16-32-21-9-4-17(5-10-21)15-28-29-23-12-13-27-24-14-20(26)8-11-22(23)24/h2-15H,16H2,1H3,(H,27,29). The van der Waals surface area contributed by atoms with Crippen molar-refractivity contribution >= 4 is 40.4 Å². The number of anilines is 1. The molecule has 4 aromatic rings. The molecule has 1 aromatic heterocycles. The lowest BCUT2D eigenvalue weighted by Gasteiger charge is -2.07. The SMILES string of the molecule is COC(=O)c1ccc(COc2ccc(C=NNc3ccnc4cc(Cl)ccc34)cc2)cc1. The summed E-state index contributed by atoms with van der Waals surface area (Å²) in [6.45, 7) is 0.398. The predicted octanol–water partition coefficient (Wildman–Crippen LogP) is 5.70. The van der Waals surface area contributed by atoms with Gasteiger partial charge in [-0.15, -0.1) is 0 Å². The Bertz CT molecular complexity index is 1260. The number of pyridine rings is 1. The quantitative estimate of drug-likeness (QED) is 0.224. The van der Waals surface area contributed by atoms with Crippen LogP contribution in [0.25, 0.3) is 10.9 Å². The van der Waals surface area contributed by atoms with Crippen molar-refractivity contribution in [1.29, 1.82) is 0 Å². The van der Waals surface area contributed by atoms with Crippen molar-refractivity contribution < 1.29 is 14.3 Å². The van der Waals surface area contributed by atoms with Crippen LogP contribution in [0.4, 0.5) is 5.69 Å². The Kier molecular flexibility index (Phi) is 6.63. The number of aromatic nitrogens is 1. The van der Waals surface area contributed by atoms with Gasteiger partial charge in [0.25, 0.3) is 0 Å². The maximum Gasteiger partial charge on any atom is 0.337 e. The second kappa shape index (κ2) is 9.94. The van der Waals surface area contributed by atoms with E-state index in [0.717, 1.165) is 33.5 Å². The summed E-state index contributed by atoms with van der Waals surface area (Å²) in [5, 5.41) is 5.91. The Labute approximate surface area is 190 Å².